The molecule has 2 amide bonds. The number of rotatable bonds is 7. The fourth-order valence-corrected chi connectivity index (χ4v) is 3.51. The molecular weight excluding hydrogens is 376 g/mol. The molecular formula is C20H24N4O5. The second-order valence-corrected chi connectivity index (χ2v) is 7.21. The van der Waals surface area contributed by atoms with Crippen LogP contribution in [0.2, 0.25) is 0 Å². The number of amides is 2. The summed E-state index contributed by atoms with van der Waals surface area (Å²) in [7, 11) is 0. The molecule has 1 aromatic heterocycles. The lowest BCUT2D eigenvalue weighted by molar-refractivity contribution is -0.117. The average Bonchev–Trinajstić information content (AvgIpc) is 3.46. The van der Waals surface area contributed by atoms with Crippen LogP contribution < -0.4 is 14.8 Å². The van der Waals surface area contributed by atoms with E-state index in [1.165, 1.54) is 12.8 Å². The predicted octanol–water partition coefficient (Wildman–Crippen LogP) is 1.89. The molecule has 0 unspecified atom stereocenters. The number of benzene rings is 1. The minimum Gasteiger partial charge on any atom is -0.454 e. The molecule has 4 rings (SSSR count). The number of hydrogen-bond donors (Lipinski definition) is 1. The number of aryl methyl sites for hydroxylation is 1. The molecule has 2 aliphatic heterocycles. The number of ether oxygens (including phenoxy) is 2. The first-order chi connectivity index (χ1) is 14.1. The second-order valence-electron chi connectivity index (χ2n) is 7.21. The standard InChI is InChI=1S/C20H24N4O5/c1-14-10-18(22-29-14)21-19(25)12-24(9-8-23-6-2-3-7-23)20(26)15-4-5-16-17(11-15)28-13-27-16/h4-5,10-11H,2-3,6-9,12-13H2,1H3,(H,21,22,25). The van der Waals surface area contributed by atoms with Crippen LogP contribution in [0.4, 0.5) is 5.82 Å². The van der Waals surface area contributed by atoms with E-state index in [0.29, 0.717) is 35.2 Å². The third-order valence-electron chi connectivity index (χ3n) is 5.02. The summed E-state index contributed by atoms with van der Waals surface area (Å²) in [5.74, 6) is 1.54. The van der Waals surface area contributed by atoms with Crippen molar-refractivity contribution in [1.82, 2.24) is 15.0 Å². The van der Waals surface area contributed by atoms with Crippen molar-refractivity contribution in [3.8, 4) is 11.5 Å². The van der Waals surface area contributed by atoms with E-state index in [1.807, 2.05) is 0 Å². The van der Waals surface area contributed by atoms with Crippen LogP contribution in [0.25, 0.3) is 0 Å². The van der Waals surface area contributed by atoms with Crippen molar-refractivity contribution >= 4 is 17.6 Å². The summed E-state index contributed by atoms with van der Waals surface area (Å²) in [5.41, 5.74) is 0.459. The van der Waals surface area contributed by atoms with Gasteiger partial charge in [0.15, 0.2) is 17.3 Å². The van der Waals surface area contributed by atoms with Crippen LogP contribution in [-0.4, -0.2) is 66.3 Å². The van der Waals surface area contributed by atoms with Crippen molar-refractivity contribution in [2.45, 2.75) is 19.8 Å². The fraction of sp³-hybridized carbons (Fsp3) is 0.450. The van der Waals surface area contributed by atoms with E-state index in [9.17, 15) is 9.59 Å². The smallest absolute Gasteiger partial charge is 0.254 e. The molecule has 0 atom stereocenters. The van der Waals surface area contributed by atoms with Crippen molar-refractivity contribution in [2.24, 2.45) is 0 Å². The molecule has 0 radical (unpaired) electrons. The van der Waals surface area contributed by atoms with Gasteiger partial charge in [-0.3, -0.25) is 9.59 Å². The Balaban J connectivity index is 1.45. The summed E-state index contributed by atoms with van der Waals surface area (Å²) >= 11 is 0. The van der Waals surface area contributed by atoms with Crippen LogP contribution >= 0.6 is 0 Å². The number of hydrogen-bond acceptors (Lipinski definition) is 7. The molecule has 1 aromatic carbocycles. The van der Waals surface area contributed by atoms with Crippen LogP contribution in [0.3, 0.4) is 0 Å². The third-order valence-corrected chi connectivity index (χ3v) is 5.02. The maximum atomic E-state index is 13.1. The monoisotopic (exact) mass is 400 g/mol. The summed E-state index contributed by atoms with van der Waals surface area (Å²) in [6.07, 6.45) is 2.34. The highest BCUT2D eigenvalue weighted by atomic mass is 16.7. The lowest BCUT2D eigenvalue weighted by Crippen LogP contribution is -2.42. The number of aromatic nitrogens is 1. The first kappa shape index (κ1) is 19.3. The molecule has 0 spiro atoms. The predicted molar refractivity (Wildman–Crippen MR) is 104 cm³/mol. The highest BCUT2D eigenvalue weighted by molar-refractivity contribution is 5.99. The molecule has 2 aromatic rings. The van der Waals surface area contributed by atoms with Gasteiger partial charge in [0, 0.05) is 24.7 Å². The Bertz CT molecular complexity index is 891. The molecule has 154 valence electrons. The Kier molecular flexibility index (Phi) is 5.66. The lowest BCUT2D eigenvalue weighted by Gasteiger charge is -2.25. The van der Waals surface area contributed by atoms with E-state index in [1.54, 1.807) is 36.1 Å². The zero-order valence-corrected chi connectivity index (χ0v) is 16.3. The Hall–Kier alpha value is -3.07. The summed E-state index contributed by atoms with van der Waals surface area (Å²) in [5, 5.41) is 6.44. The zero-order valence-electron chi connectivity index (χ0n) is 16.3. The number of nitrogens with zero attached hydrogens (tertiary/aromatic N) is 3. The molecule has 3 heterocycles. The highest BCUT2D eigenvalue weighted by Crippen LogP contribution is 2.32. The van der Waals surface area contributed by atoms with Gasteiger partial charge in [0.2, 0.25) is 12.7 Å². The zero-order chi connectivity index (χ0) is 20.2. The Labute approximate surface area is 168 Å². The maximum Gasteiger partial charge on any atom is 0.254 e. The minimum atomic E-state index is -0.325. The molecule has 9 heteroatoms. The van der Waals surface area contributed by atoms with E-state index in [4.69, 9.17) is 14.0 Å². The van der Waals surface area contributed by atoms with Gasteiger partial charge in [-0.25, -0.2) is 0 Å². The molecule has 1 fully saturated rings. The number of nitrogens with one attached hydrogen (secondary N) is 1. The van der Waals surface area contributed by atoms with Gasteiger partial charge in [-0.1, -0.05) is 5.16 Å². The SMILES string of the molecule is Cc1cc(NC(=O)CN(CCN2CCCC2)C(=O)c2ccc3c(c2)OCO3)no1. The normalized spacial score (nSPS) is 15.5. The van der Waals surface area contributed by atoms with Gasteiger partial charge < -0.3 is 29.1 Å². The Morgan fingerprint density at radius 1 is 1.17 bits per heavy atom. The summed E-state index contributed by atoms with van der Waals surface area (Å²) in [4.78, 5) is 29.5. The molecule has 29 heavy (non-hydrogen) atoms. The number of carbonyl (C=O) groups excluding carboxylic acids is 2. The number of carbonyl (C=O) groups is 2. The van der Waals surface area contributed by atoms with Crippen LogP contribution in [0.5, 0.6) is 11.5 Å². The molecule has 2 aliphatic rings. The Morgan fingerprint density at radius 2 is 1.97 bits per heavy atom. The molecule has 0 saturated carbocycles. The van der Waals surface area contributed by atoms with E-state index < -0.39 is 0 Å². The van der Waals surface area contributed by atoms with Gasteiger partial charge in [-0.15, -0.1) is 0 Å². The maximum absolute atomic E-state index is 13.1. The first-order valence-electron chi connectivity index (χ1n) is 9.73. The number of fused-ring (bicyclic) bond motifs is 1. The molecule has 1 saturated heterocycles. The minimum absolute atomic E-state index is 0.0764. The first-order valence-corrected chi connectivity index (χ1v) is 9.73. The number of likely N-dealkylation sites (tertiary alicyclic amines) is 1. The third kappa shape index (κ3) is 4.68. The van der Waals surface area contributed by atoms with Gasteiger partial charge in [-0.2, -0.15) is 0 Å². The van der Waals surface area contributed by atoms with Crippen LogP contribution in [0.1, 0.15) is 29.0 Å². The molecule has 0 aliphatic carbocycles. The summed E-state index contributed by atoms with van der Waals surface area (Å²) < 4.78 is 15.6. The molecule has 9 nitrogen and oxygen atoms in total. The summed E-state index contributed by atoms with van der Waals surface area (Å²) in [6.45, 7) is 5.05. The van der Waals surface area contributed by atoms with Crippen molar-refractivity contribution < 1.29 is 23.6 Å². The average molecular weight is 400 g/mol. The van der Waals surface area contributed by atoms with E-state index in [-0.39, 0.29) is 25.2 Å². The van der Waals surface area contributed by atoms with Crippen molar-refractivity contribution in [2.75, 3.05) is 44.8 Å². The van der Waals surface area contributed by atoms with Crippen LogP contribution in [0, 0.1) is 6.92 Å². The molecule has 1 N–H and O–H groups in total. The summed E-state index contributed by atoms with van der Waals surface area (Å²) in [6, 6.07) is 6.70. The fourth-order valence-electron chi connectivity index (χ4n) is 3.51. The highest BCUT2D eigenvalue weighted by Gasteiger charge is 2.23. The van der Waals surface area contributed by atoms with Gasteiger partial charge in [0.1, 0.15) is 12.3 Å². The van der Waals surface area contributed by atoms with E-state index in [2.05, 4.69) is 15.4 Å². The largest absolute Gasteiger partial charge is 0.454 e. The van der Waals surface area contributed by atoms with Gasteiger partial charge in [-0.05, 0) is 51.1 Å². The van der Waals surface area contributed by atoms with Crippen LogP contribution in [0.15, 0.2) is 28.8 Å². The van der Waals surface area contributed by atoms with Gasteiger partial charge in [0.05, 0.1) is 0 Å². The van der Waals surface area contributed by atoms with Gasteiger partial charge >= 0.3 is 0 Å². The Morgan fingerprint density at radius 3 is 2.72 bits per heavy atom. The second kappa shape index (κ2) is 8.52. The van der Waals surface area contributed by atoms with Crippen molar-refractivity contribution in [3.63, 3.8) is 0 Å². The van der Waals surface area contributed by atoms with E-state index in [0.717, 1.165) is 19.6 Å². The topological polar surface area (TPSA) is 97.1 Å². The van der Waals surface area contributed by atoms with Crippen LogP contribution in [-0.2, 0) is 4.79 Å². The van der Waals surface area contributed by atoms with Gasteiger partial charge in [0.25, 0.3) is 5.91 Å². The van der Waals surface area contributed by atoms with Crippen molar-refractivity contribution in [1.29, 1.82) is 0 Å². The quantitative estimate of drug-likeness (QED) is 0.758. The lowest BCUT2D eigenvalue weighted by atomic mass is 10.1. The van der Waals surface area contributed by atoms with E-state index >= 15 is 0 Å². The number of anilines is 1. The molecule has 0 bridgehead atoms. The van der Waals surface area contributed by atoms with Crippen molar-refractivity contribution in [3.05, 3.63) is 35.6 Å².